The van der Waals surface area contributed by atoms with Gasteiger partial charge in [0.1, 0.15) is 0 Å². The first-order valence-electron chi connectivity index (χ1n) is 5.54. The van der Waals surface area contributed by atoms with Crippen molar-refractivity contribution >= 4 is 0 Å². The third kappa shape index (κ3) is 1.52. The molecule has 0 saturated heterocycles. The molecule has 2 saturated carbocycles. The molecule has 2 rings (SSSR count). The summed E-state index contributed by atoms with van der Waals surface area (Å²) < 4.78 is 0. The van der Waals surface area contributed by atoms with Gasteiger partial charge in [-0.05, 0) is 31.6 Å². The van der Waals surface area contributed by atoms with Crippen LogP contribution in [0.5, 0.6) is 0 Å². The van der Waals surface area contributed by atoms with Crippen LogP contribution in [0.3, 0.4) is 0 Å². The molecule has 0 aromatic carbocycles. The van der Waals surface area contributed by atoms with E-state index in [1.165, 1.54) is 44.9 Å². The van der Waals surface area contributed by atoms with Crippen molar-refractivity contribution in [1.82, 2.24) is 0 Å². The largest absolute Gasteiger partial charge is 0.390 e. The minimum atomic E-state index is -0.241. The van der Waals surface area contributed by atoms with Crippen molar-refractivity contribution in [3.63, 3.8) is 0 Å². The smallest absolute Gasteiger partial charge is 0.0675 e. The number of rotatable bonds is 1. The minimum Gasteiger partial charge on any atom is -0.390 e. The van der Waals surface area contributed by atoms with Crippen LogP contribution in [0.1, 0.15) is 57.8 Å². The van der Waals surface area contributed by atoms with E-state index in [1.807, 2.05) is 0 Å². The van der Waals surface area contributed by atoms with E-state index in [0.717, 1.165) is 12.8 Å². The Kier molecular flexibility index (Phi) is 2.40. The zero-order valence-corrected chi connectivity index (χ0v) is 7.89. The van der Waals surface area contributed by atoms with E-state index in [9.17, 15) is 5.11 Å². The highest BCUT2D eigenvalue weighted by Gasteiger charge is 2.39. The van der Waals surface area contributed by atoms with Crippen LogP contribution in [0.25, 0.3) is 0 Å². The predicted molar refractivity (Wildman–Crippen MR) is 50.0 cm³/mol. The molecule has 0 atom stereocenters. The second-order valence-electron chi connectivity index (χ2n) is 4.65. The highest BCUT2D eigenvalue weighted by Crippen LogP contribution is 2.43. The van der Waals surface area contributed by atoms with Gasteiger partial charge in [0.15, 0.2) is 0 Å². The summed E-state index contributed by atoms with van der Waals surface area (Å²) in [5, 5.41) is 10.4. The maximum atomic E-state index is 10.4. The maximum Gasteiger partial charge on any atom is 0.0675 e. The van der Waals surface area contributed by atoms with Gasteiger partial charge in [-0.3, -0.25) is 0 Å². The zero-order valence-electron chi connectivity index (χ0n) is 7.89. The summed E-state index contributed by atoms with van der Waals surface area (Å²) >= 11 is 0. The number of aliphatic hydroxyl groups is 1. The Morgan fingerprint density at radius 2 is 1.42 bits per heavy atom. The van der Waals surface area contributed by atoms with Gasteiger partial charge in [-0.2, -0.15) is 0 Å². The van der Waals surface area contributed by atoms with Gasteiger partial charge >= 0.3 is 0 Å². The van der Waals surface area contributed by atoms with E-state index in [2.05, 4.69) is 0 Å². The first-order valence-corrected chi connectivity index (χ1v) is 5.54. The quantitative estimate of drug-likeness (QED) is 0.597. The Balaban J connectivity index is 1.95. The first-order chi connectivity index (χ1) is 5.81. The Bertz CT molecular complexity index is 141. The van der Waals surface area contributed by atoms with Crippen LogP contribution in [0.2, 0.25) is 0 Å². The maximum absolute atomic E-state index is 10.4. The summed E-state index contributed by atoms with van der Waals surface area (Å²) in [6.45, 7) is 0. The molecule has 2 aliphatic rings. The van der Waals surface area contributed by atoms with Crippen molar-refractivity contribution in [2.45, 2.75) is 63.4 Å². The molecule has 0 spiro atoms. The monoisotopic (exact) mass is 168 g/mol. The lowest BCUT2D eigenvalue weighted by molar-refractivity contribution is -0.0616. The van der Waals surface area contributed by atoms with Crippen LogP contribution in [-0.4, -0.2) is 10.7 Å². The molecule has 12 heavy (non-hydrogen) atoms. The summed E-state index contributed by atoms with van der Waals surface area (Å²) in [4.78, 5) is 0. The second-order valence-corrected chi connectivity index (χ2v) is 4.65. The predicted octanol–water partition coefficient (Wildman–Crippen LogP) is 2.87. The fraction of sp³-hybridized carbons (Fsp3) is 1.00. The average molecular weight is 168 g/mol. The van der Waals surface area contributed by atoms with Crippen LogP contribution in [-0.2, 0) is 0 Å². The Morgan fingerprint density at radius 1 is 0.833 bits per heavy atom. The summed E-state index contributed by atoms with van der Waals surface area (Å²) in [6.07, 6.45) is 11.3. The Hall–Kier alpha value is -0.0400. The van der Waals surface area contributed by atoms with Crippen molar-refractivity contribution < 1.29 is 5.11 Å². The third-order valence-electron chi connectivity index (χ3n) is 3.83. The normalized spacial score (nSPS) is 30.8. The van der Waals surface area contributed by atoms with Gasteiger partial charge in [-0.1, -0.05) is 32.1 Å². The fourth-order valence-corrected chi connectivity index (χ4v) is 2.69. The molecule has 0 aromatic rings. The van der Waals surface area contributed by atoms with E-state index in [-0.39, 0.29) is 5.60 Å². The standard InChI is InChI=1S/C11H20O/c12-11(10-6-5-7-10)8-3-1-2-4-9-11/h10,12H,1-9H2. The van der Waals surface area contributed by atoms with Gasteiger partial charge in [0.2, 0.25) is 0 Å². The molecule has 0 aliphatic heterocycles. The Morgan fingerprint density at radius 3 is 1.83 bits per heavy atom. The Labute approximate surface area is 75.2 Å². The molecule has 0 radical (unpaired) electrons. The van der Waals surface area contributed by atoms with E-state index in [1.54, 1.807) is 0 Å². The van der Waals surface area contributed by atoms with Gasteiger partial charge in [0.25, 0.3) is 0 Å². The molecule has 1 nitrogen and oxygen atoms in total. The van der Waals surface area contributed by atoms with E-state index in [0.29, 0.717) is 5.92 Å². The van der Waals surface area contributed by atoms with Gasteiger partial charge in [0, 0.05) is 0 Å². The topological polar surface area (TPSA) is 20.2 Å². The van der Waals surface area contributed by atoms with Crippen LogP contribution in [0.4, 0.5) is 0 Å². The van der Waals surface area contributed by atoms with Crippen molar-refractivity contribution in [2.75, 3.05) is 0 Å². The molecular formula is C11H20O. The molecule has 2 fully saturated rings. The summed E-state index contributed by atoms with van der Waals surface area (Å²) in [5.41, 5.74) is -0.241. The highest BCUT2D eigenvalue weighted by atomic mass is 16.3. The zero-order chi connectivity index (χ0) is 8.44. The molecule has 0 unspecified atom stereocenters. The summed E-state index contributed by atoms with van der Waals surface area (Å²) in [5.74, 6) is 0.663. The fourth-order valence-electron chi connectivity index (χ4n) is 2.69. The molecule has 0 amide bonds. The van der Waals surface area contributed by atoms with Crippen LogP contribution < -0.4 is 0 Å². The van der Waals surface area contributed by atoms with Crippen molar-refractivity contribution in [1.29, 1.82) is 0 Å². The summed E-state index contributed by atoms with van der Waals surface area (Å²) in [7, 11) is 0. The molecule has 1 heteroatoms. The van der Waals surface area contributed by atoms with Gasteiger partial charge < -0.3 is 5.11 Å². The van der Waals surface area contributed by atoms with Gasteiger partial charge in [0.05, 0.1) is 5.60 Å². The van der Waals surface area contributed by atoms with Crippen molar-refractivity contribution in [3.8, 4) is 0 Å². The van der Waals surface area contributed by atoms with E-state index >= 15 is 0 Å². The van der Waals surface area contributed by atoms with Gasteiger partial charge in [-0.15, -0.1) is 0 Å². The molecule has 70 valence electrons. The van der Waals surface area contributed by atoms with Crippen molar-refractivity contribution in [2.24, 2.45) is 5.92 Å². The van der Waals surface area contributed by atoms with E-state index < -0.39 is 0 Å². The number of hydrogen-bond donors (Lipinski definition) is 1. The van der Waals surface area contributed by atoms with Crippen LogP contribution >= 0.6 is 0 Å². The average Bonchev–Trinajstić information content (AvgIpc) is 2.10. The lowest BCUT2D eigenvalue weighted by atomic mass is 9.69. The first kappa shape index (κ1) is 8.55. The van der Waals surface area contributed by atoms with Gasteiger partial charge in [-0.25, -0.2) is 0 Å². The SMILES string of the molecule is OC1(C2CCC2)CCCCCC1. The lowest BCUT2D eigenvalue weighted by Gasteiger charge is -2.41. The van der Waals surface area contributed by atoms with Crippen molar-refractivity contribution in [3.05, 3.63) is 0 Å². The van der Waals surface area contributed by atoms with E-state index in [4.69, 9.17) is 0 Å². The molecule has 0 aromatic heterocycles. The number of hydrogen-bond acceptors (Lipinski definition) is 1. The van der Waals surface area contributed by atoms with Crippen LogP contribution in [0.15, 0.2) is 0 Å². The molecule has 2 aliphatic carbocycles. The minimum absolute atomic E-state index is 0.241. The lowest BCUT2D eigenvalue weighted by Crippen LogP contribution is -2.41. The highest BCUT2D eigenvalue weighted by molar-refractivity contribution is 4.91. The summed E-state index contributed by atoms with van der Waals surface area (Å²) in [6, 6.07) is 0. The molecule has 0 heterocycles. The molecular weight excluding hydrogens is 148 g/mol. The second kappa shape index (κ2) is 3.37. The van der Waals surface area contributed by atoms with Crippen LogP contribution in [0, 0.1) is 5.92 Å². The third-order valence-corrected chi connectivity index (χ3v) is 3.83. The molecule has 1 N–H and O–H groups in total. The molecule has 0 bridgehead atoms.